The normalized spacial score (nSPS) is 15.9. The van der Waals surface area contributed by atoms with E-state index >= 15 is 0 Å². The molecule has 10 aromatic rings. The number of nitrogens with one attached hydrogen (secondary N) is 1. The first kappa shape index (κ1) is 108. The van der Waals surface area contributed by atoms with Crippen LogP contribution in [0, 0.1) is 80.5 Å². The molecular formula is C100H125N11O20. The minimum absolute atomic E-state index is 0.0311. The molecule has 4 saturated carbocycles. The molecular weight excluding hydrogens is 1680 g/mol. The fourth-order valence-electron chi connectivity index (χ4n) is 14.9. The van der Waals surface area contributed by atoms with E-state index in [1.165, 1.54) is 32.1 Å². The predicted molar refractivity (Wildman–Crippen MR) is 494 cm³/mol. The van der Waals surface area contributed by atoms with E-state index in [9.17, 15) is 24.3 Å². The second-order valence-electron chi connectivity index (χ2n) is 35.8. The van der Waals surface area contributed by atoms with Crippen LogP contribution in [-0.2, 0) is 67.1 Å². The molecule has 5 aromatic heterocycles. The Morgan fingerprint density at radius 1 is 0.405 bits per heavy atom. The van der Waals surface area contributed by atoms with Gasteiger partial charge in [-0.25, -0.2) is 0 Å². The number of ketones is 3. The first-order valence-electron chi connectivity index (χ1n) is 43.6. The van der Waals surface area contributed by atoms with Gasteiger partial charge in [-0.3, -0.25) is 44.1 Å². The molecule has 4 aliphatic carbocycles. The minimum Gasteiger partial charge on any atom is -0.492 e. The Balaban J connectivity index is 0.000000279. The highest BCUT2D eigenvalue weighted by Crippen LogP contribution is 2.41. The Bertz CT molecular complexity index is 5500. The van der Waals surface area contributed by atoms with E-state index in [1.807, 2.05) is 225 Å². The maximum atomic E-state index is 12.5. The molecule has 5 heterocycles. The van der Waals surface area contributed by atoms with Gasteiger partial charge in [0.15, 0.2) is 0 Å². The summed E-state index contributed by atoms with van der Waals surface area (Å²) in [5.74, 6) is 6.34. The Morgan fingerprint density at radius 3 is 0.977 bits per heavy atom. The lowest BCUT2D eigenvalue weighted by molar-refractivity contribution is -0.193. The summed E-state index contributed by atoms with van der Waals surface area (Å²) in [4.78, 5) is 153. The first-order chi connectivity index (χ1) is 62.0. The van der Waals surface area contributed by atoms with Crippen molar-refractivity contribution in [2.45, 2.75) is 231 Å². The summed E-state index contributed by atoms with van der Waals surface area (Å²) in [7, 11) is 0. The van der Waals surface area contributed by atoms with Gasteiger partial charge in [0.05, 0.1) is 83.0 Å². The summed E-state index contributed by atoms with van der Waals surface area (Å²) in [6, 6.07) is 38.3. The van der Waals surface area contributed by atoms with E-state index in [-0.39, 0.29) is 84.1 Å². The number of rotatable bonds is 24. The number of Topliss-reactive ketones (excluding diaryl/α,β-unsaturated/α-hetero) is 3. The molecule has 31 heteroatoms. The van der Waals surface area contributed by atoms with E-state index in [2.05, 4.69) is 37.2 Å². The molecule has 0 spiro atoms. The van der Waals surface area contributed by atoms with Crippen LogP contribution < -0.4 is 57.7 Å². The average molecular weight is 1800 g/mol. The minimum atomic E-state index is -0.528. The third-order valence-corrected chi connectivity index (χ3v) is 22.5. The number of nitrogens with zero attached hydrogens (tertiary/aromatic N) is 5. The molecule has 4 aliphatic rings. The first-order valence-corrected chi connectivity index (χ1v) is 43.6. The fraction of sp³-hybridized carbons (Fsp3) is 0.460. The lowest BCUT2D eigenvalue weighted by atomic mass is 9.76. The van der Waals surface area contributed by atoms with Crippen LogP contribution >= 0.6 is 0 Å². The Kier molecular flexibility index (Phi) is 43.1. The largest absolute Gasteiger partial charge is 0.492 e. The van der Waals surface area contributed by atoms with Crippen LogP contribution in [-0.4, -0.2) is 128 Å². The molecule has 0 aliphatic heterocycles. The number of fused-ring (bicyclic) bond motifs is 5. The number of hydrogen-bond donors (Lipinski definition) is 7. The molecule has 1 amide bonds. The molecule has 0 saturated heterocycles. The highest BCUT2D eigenvalue weighted by Gasteiger charge is 2.37. The van der Waals surface area contributed by atoms with Crippen LogP contribution in [0.1, 0.15) is 201 Å². The maximum absolute atomic E-state index is 12.5. The zero-order valence-corrected chi connectivity index (χ0v) is 77.8. The van der Waals surface area contributed by atoms with Crippen molar-refractivity contribution in [1.82, 2.24) is 30.2 Å². The summed E-state index contributed by atoms with van der Waals surface area (Å²) >= 11 is 0. The predicted octanol–water partition coefficient (Wildman–Crippen LogP) is 16.1. The van der Waals surface area contributed by atoms with Crippen LogP contribution in [0.3, 0.4) is 0 Å². The van der Waals surface area contributed by atoms with Gasteiger partial charge in [-0.1, -0.05) is 84.2 Å². The summed E-state index contributed by atoms with van der Waals surface area (Å²) in [5, 5.41) is 17.6. The SMILES string of the molecule is Cc1cc(N)c2c(OC3CCC(NC(=O)C(C)C)CC3)cccc2n1.Cc1cc(N)c2c(OC3CCCC(C)C3O)cccc2n1.Cc1cc(N)c2c(OCC(C)(C)C(=O)CC(C)C)cccc2n1.Cc1cc(N)c2c(OCC(C)(C)C(=O)CC3CC3)cccc2n1.Cc1cc(N)c2c(OCC(C)(C)C(=O)CC3CCC3)cccc2n1.O=C=O.O=C=O.O=C=O.O=C=O.O=C=O. The van der Waals surface area contributed by atoms with Gasteiger partial charge in [-0.2, -0.15) is 47.9 Å². The molecule has 14 rings (SSSR count). The molecule has 0 radical (unpaired) electrons. The third-order valence-electron chi connectivity index (χ3n) is 22.5. The third kappa shape index (κ3) is 33.5. The van der Waals surface area contributed by atoms with Gasteiger partial charge >= 0.3 is 30.8 Å². The van der Waals surface area contributed by atoms with E-state index in [0.29, 0.717) is 103 Å². The number of aryl methyl sites for hydroxylation is 5. The number of nitrogen functional groups attached to an aromatic ring is 5. The second-order valence-corrected chi connectivity index (χ2v) is 35.8. The van der Waals surface area contributed by atoms with Gasteiger partial charge in [0.2, 0.25) is 5.91 Å². The lowest BCUT2D eigenvalue weighted by Gasteiger charge is -2.33. The number of aliphatic hydroxyl groups is 1. The fourth-order valence-corrected chi connectivity index (χ4v) is 14.9. The van der Waals surface area contributed by atoms with Gasteiger partial charge in [-0.15, -0.1) is 0 Å². The monoisotopic (exact) mass is 1800 g/mol. The number of nitrogens with two attached hydrogens (primary N) is 5. The number of carbonyl (C=O) groups is 4. The average Bonchev–Trinajstić information content (AvgIpc) is 1.80. The van der Waals surface area contributed by atoms with E-state index in [4.69, 9.17) is 100 Å². The van der Waals surface area contributed by atoms with Crippen LogP contribution in [0.15, 0.2) is 121 Å². The topological polar surface area (TPSA) is 512 Å². The van der Waals surface area contributed by atoms with Crippen LogP contribution in [0.4, 0.5) is 28.4 Å². The van der Waals surface area contributed by atoms with E-state index in [0.717, 1.165) is 139 Å². The van der Waals surface area contributed by atoms with Crippen LogP contribution in [0.2, 0.25) is 0 Å². The highest BCUT2D eigenvalue weighted by molar-refractivity contribution is 5.99. The molecule has 31 nitrogen and oxygen atoms in total. The summed E-state index contributed by atoms with van der Waals surface area (Å²) in [6.45, 7) is 32.3. The van der Waals surface area contributed by atoms with Crippen molar-refractivity contribution in [2.24, 2.45) is 45.8 Å². The number of pyridine rings is 5. The smallest absolute Gasteiger partial charge is 0.373 e. The zero-order chi connectivity index (χ0) is 97.6. The van der Waals surface area contributed by atoms with Crippen molar-refractivity contribution in [1.29, 1.82) is 0 Å². The number of aromatic nitrogens is 5. The molecule has 700 valence electrons. The maximum Gasteiger partial charge on any atom is 0.373 e. The van der Waals surface area contributed by atoms with Gasteiger partial charge in [-0.05, 0) is 249 Å². The summed E-state index contributed by atoms with van der Waals surface area (Å²) < 4.78 is 30.3. The van der Waals surface area contributed by atoms with Gasteiger partial charge in [0.1, 0.15) is 72.0 Å². The van der Waals surface area contributed by atoms with Crippen molar-refractivity contribution in [3.8, 4) is 28.7 Å². The standard InChI is InChI=1S/C20H27N3O2.C20H26N2O2.C19H24N2O2.C19H26N2O2.C17H22N2O2.5CO2/c1-12(2)20(24)23-14-7-9-15(10-8-14)25-18-6-4-5-17-19(18)16(21)11-13(3)22-17;1-13-10-15(21)19-16(22-13)8-5-9-17(19)24-12-20(2,3)18(23)11-14-6-4-7-14;1-12-9-14(20)18-15(21-12)5-4-6-16(18)23-11-19(2,3)17(22)10-13-7-8-13;1-12(2)9-17(22)19(4,5)11-23-16-8-6-7-15-18(16)14(20)10-13(3)21-15;1-10-5-3-8-15(17(10)20)21-14-7-4-6-13-16(14)12(18)9-11(2)19-13;5*2-1-3/h4-6,11-12,14-15H,7-10H2,1-3H3,(H2,21,22)(H,23,24);5,8-10,14H,4,6-7,11-12H2,1-3H3,(H2,21,22);4-6,9,13H,7-8,10-11H2,1-3H3,(H2,20,21);6-8,10,12H,9,11H2,1-5H3,(H2,20,21);4,6-7,9-10,15,17,20H,3,5,8H2,1-2H3,(H2,18,19);;;;;. The number of ether oxygens (including phenoxy) is 5. The zero-order valence-electron chi connectivity index (χ0n) is 77.8. The number of benzene rings is 5. The highest BCUT2D eigenvalue weighted by atomic mass is 16.5. The molecule has 131 heavy (non-hydrogen) atoms. The van der Waals surface area contributed by atoms with Crippen molar-refractivity contribution < 1.29 is 95.9 Å². The van der Waals surface area contributed by atoms with Crippen molar-refractivity contribution >= 4 is 137 Å². The van der Waals surface area contributed by atoms with Gasteiger partial charge in [0.25, 0.3) is 0 Å². The number of carbonyl (C=O) groups excluding carboxylic acids is 14. The van der Waals surface area contributed by atoms with Gasteiger partial charge < -0.3 is 62.8 Å². The summed E-state index contributed by atoms with van der Waals surface area (Å²) in [5.41, 5.74) is 41.2. The molecule has 3 atom stereocenters. The van der Waals surface area contributed by atoms with Crippen molar-refractivity contribution in [3.05, 3.63) is 150 Å². The lowest BCUT2D eigenvalue weighted by Crippen LogP contribution is -2.41. The second kappa shape index (κ2) is 52.2. The number of anilines is 5. The van der Waals surface area contributed by atoms with Crippen LogP contribution in [0.5, 0.6) is 28.7 Å². The molecule has 5 aromatic carbocycles. The van der Waals surface area contributed by atoms with E-state index in [1.54, 1.807) is 0 Å². The number of amides is 1. The van der Waals surface area contributed by atoms with Crippen molar-refractivity contribution in [3.63, 3.8) is 0 Å². The van der Waals surface area contributed by atoms with Crippen LogP contribution in [0.25, 0.3) is 54.5 Å². The number of hydrogen-bond acceptors (Lipinski definition) is 30. The Hall–Kier alpha value is -13.5. The number of aliphatic hydroxyl groups excluding tert-OH is 1. The summed E-state index contributed by atoms with van der Waals surface area (Å²) in [6.07, 6.45) is 15.5. The molecule has 12 N–H and O–H groups in total. The Morgan fingerprint density at radius 2 is 0.687 bits per heavy atom. The Labute approximate surface area is 763 Å². The van der Waals surface area contributed by atoms with Crippen molar-refractivity contribution in [2.75, 3.05) is 48.5 Å². The van der Waals surface area contributed by atoms with Gasteiger partial charge in [0, 0.05) is 88.1 Å². The quantitative estimate of drug-likeness (QED) is 0.0295. The molecule has 3 unspecified atom stereocenters. The molecule has 0 bridgehead atoms. The molecule has 4 fully saturated rings. The van der Waals surface area contributed by atoms with E-state index < -0.39 is 22.3 Å².